The van der Waals surface area contributed by atoms with E-state index in [9.17, 15) is 19.5 Å². The van der Waals surface area contributed by atoms with Crippen LogP contribution in [0.1, 0.15) is 50.8 Å². The summed E-state index contributed by atoms with van der Waals surface area (Å²) in [6.07, 6.45) is 0.348. The maximum absolute atomic E-state index is 12.2. The third kappa shape index (κ3) is 6.81. The van der Waals surface area contributed by atoms with Crippen molar-refractivity contribution in [3.63, 3.8) is 0 Å². The molecule has 0 saturated carbocycles. The van der Waals surface area contributed by atoms with Crippen molar-refractivity contribution in [1.29, 1.82) is 0 Å². The number of carbonyl (C=O) groups excluding carboxylic acids is 2. The van der Waals surface area contributed by atoms with Crippen LogP contribution in [0.3, 0.4) is 0 Å². The second-order valence-electron chi connectivity index (χ2n) is 6.46. The SMILES string of the molecule is CC(=O)NC(CC(=O)N[C@H](CC(C)C)C(=O)O)c1ccc(C)cc1. The zero-order chi connectivity index (χ0) is 18.3. The number of amides is 2. The lowest BCUT2D eigenvalue weighted by Crippen LogP contribution is -2.43. The summed E-state index contributed by atoms with van der Waals surface area (Å²) < 4.78 is 0. The summed E-state index contributed by atoms with van der Waals surface area (Å²) >= 11 is 0. The Balaban J connectivity index is 2.81. The molecule has 2 amide bonds. The van der Waals surface area contributed by atoms with Gasteiger partial charge in [-0.1, -0.05) is 43.7 Å². The summed E-state index contributed by atoms with van der Waals surface area (Å²) in [5.41, 5.74) is 1.88. The molecule has 0 aliphatic carbocycles. The van der Waals surface area contributed by atoms with Crippen molar-refractivity contribution in [3.8, 4) is 0 Å². The molecule has 132 valence electrons. The van der Waals surface area contributed by atoms with Crippen LogP contribution in [0.25, 0.3) is 0 Å². The monoisotopic (exact) mass is 334 g/mol. The van der Waals surface area contributed by atoms with E-state index in [0.717, 1.165) is 11.1 Å². The van der Waals surface area contributed by atoms with E-state index in [1.165, 1.54) is 6.92 Å². The predicted octanol–water partition coefficient (Wildman–Crippen LogP) is 2.18. The second kappa shape index (κ2) is 9.05. The van der Waals surface area contributed by atoms with Crippen molar-refractivity contribution in [2.75, 3.05) is 0 Å². The molecule has 3 N–H and O–H groups in total. The summed E-state index contributed by atoms with van der Waals surface area (Å²) in [7, 11) is 0. The third-order valence-corrected chi connectivity index (χ3v) is 3.59. The van der Waals surface area contributed by atoms with E-state index in [1.54, 1.807) is 0 Å². The number of benzene rings is 1. The van der Waals surface area contributed by atoms with Gasteiger partial charge in [-0.05, 0) is 24.8 Å². The van der Waals surface area contributed by atoms with Crippen molar-refractivity contribution < 1.29 is 19.5 Å². The lowest BCUT2D eigenvalue weighted by molar-refractivity contribution is -0.142. The molecule has 0 heterocycles. The summed E-state index contributed by atoms with van der Waals surface area (Å²) in [4.78, 5) is 34.9. The quantitative estimate of drug-likeness (QED) is 0.679. The lowest BCUT2D eigenvalue weighted by Gasteiger charge is -2.21. The first-order chi connectivity index (χ1) is 11.2. The van der Waals surface area contributed by atoms with Gasteiger partial charge in [-0.3, -0.25) is 9.59 Å². The molecule has 0 aliphatic rings. The van der Waals surface area contributed by atoms with E-state index in [4.69, 9.17) is 0 Å². The number of hydrogen-bond donors (Lipinski definition) is 3. The molecule has 6 heteroatoms. The average molecular weight is 334 g/mol. The highest BCUT2D eigenvalue weighted by atomic mass is 16.4. The molecule has 0 saturated heterocycles. The first-order valence-electron chi connectivity index (χ1n) is 8.05. The molecule has 0 aromatic heterocycles. The number of hydrogen-bond acceptors (Lipinski definition) is 3. The van der Waals surface area contributed by atoms with Crippen LogP contribution in [0.5, 0.6) is 0 Å². The fourth-order valence-corrected chi connectivity index (χ4v) is 2.43. The molecule has 6 nitrogen and oxygen atoms in total. The van der Waals surface area contributed by atoms with Gasteiger partial charge in [0.2, 0.25) is 11.8 Å². The Labute approximate surface area is 142 Å². The first-order valence-corrected chi connectivity index (χ1v) is 8.05. The third-order valence-electron chi connectivity index (χ3n) is 3.59. The largest absolute Gasteiger partial charge is 0.480 e. The molecule has 2 atom stereocenters. The van der Waals surface area contributed by atoms with Crippen LogP contribution in [0.2, 0.25) is 0 Å². The minimum Gasteiger partial charge on any atom is -0.480 e. The Kier molecular flexibility index (Phi) is 7.42. The Morgan fingerprint density at radius 2 is 1.67 bits per heavy atom. The summed E-state index contributed by atoms with van der Waals surface area (Å²) in [5, 5.41) is 14.5. The van der Waals surface area contributed by atoms with E-state index < -0.39 is 24.0 Å². The first kappa shape index (κ1) is 19.7. The van der Waals surface area contributed by atoms with Crippen molar-refractivity contribution in [1.82, 2.24) is 10.6 Å². The van der Waals surface area contributed by atoms with Gasteiger partial charge in [0.25, 0.3) is 0 Å². The van der Waals surface area contributed by atoms with Gasteiger partial charge >= 0.3 is 5.97 Å². The van der Waals surface area contributed by atoms with E-state index >= 15 is 0 Å². The van der Waals surface area contributed by atoms with Gasteiger partial charge in [0.05, 0.1) is 12.5 Å². The second-order valence-corrected chi connectivity index (χ2v) is 6.46. The highest BCUT2D eigenvalue weighted by Crippen LogP contribution is 2.18. The van der Waals surface area contributed by atoms with Crippen LogP contribution >= 0.6 is 0 Å². The number of aryl methyl sites for hydroxylation is 1. The zero-order valence-electron chi connectivity index (χ0n) is 14.6. The van der Waals surface area contributed by atoms with Crippen LogP contribution in [0.15, 0.2) is 24.3 Å². The molecule has 24 heavy (non-hydrogen) atoms. The standard InChI is InChI=1S/C18H26N2O4/c1-11(2)9-16(18(23)24)20-17(22)10-15(19-13(4)21)14-7-5-12(3)6-8-14/h5-8,11,15-16H,9-10H2,1-4H3,(H,19,21)(H,20,22)(H,23,24)/t15?,16-/m1/s1. The van der Waals surface area contributed by atoms with Gasteiger partial charge in [0, 0.05) is 6.92 Å². The van der Waals surface area contributed by atoms with Crippen LogP contribution < -0.4 is 10.6 Å². The van der Waals surface area contributed by atoms with Crippen LogP contribution in [0.4, 0.5) is 0 Å². The molecular formula is C18H26N2O4. The zero-order valence-corrected chi connectivity index (χ0v) is 14.6. The van der Waals surface area contributed by atoms with Crippen molar-refractivity contribution >= 4 is 17.8 Å². The molecular weight excluding hydrogens is 308 g/mol. The average Bonchev–Trinajstić information content (AvgIpc) is 2.45. The van der Waals surface area contributed by atoms with Crippen molar-refractivity contribution in [3.05, 3.63) is 35.4 Å². The van der Waals surface area contributed by atoms with Gasteiger partial charge in [-0.15, -0.1) is 0 Å². The van der Waals surface area contributed by atoms with Crippen molar-refractivity contribution in [2.45, 2.75) is 52.6 Å². The Bertz CT molecular complexity index is 581. The van der Waals surface area contributed by atoms with Crippen LogP contribution in [0, 0.1) is 12.8 Å². The molecule has 1 aromatic rings. The molecule has 1 unspecified atom stereocenters. The van der Waals surface area contributed by atoms with Gasteiger partial charge < -0.3 is 15.7 Å². The fraction of sp³-hybridized carbons (Fsp3) is 0.500. The minimum atomic E-state index is -1.05. The highest BCUT2D eigenvalue weighted by Gasteiger charge is 2.23. The number of carbonyl (C=O) groups is 3. The normalized spacial score (nSPS) is 13.2. The molecule has 0 fully saturated rings. The van der Waals surface area contributed by atoms with Gasteiger partial charge in [0.1, 0.15) is 6.04 Å². The Hall–Kier alpha value is -2.37. The Morgan fingerprint density at radius 1 is 1.08 bits per heavy atom. The number of nitrogens with one attached hydrogen (secondary N) is 2. The van der Waals surface area contributed by atoms with E-state index in [1.807, 2.05) is 45.0 Å². The Morgan fingerprint density at radius 3 is 2.12 bits per heavy atom. The maximum atomic E-state index is 12.2. The minimum absolute atomic E-state index is 0.00941. The number of rotatable bonds is 8. The summed E-state index contributed by atoms with van der Waals surface area (Å²) in [6.45, 7) is 7.13. The van der Waals surface area contributed by atoms with Gasteiger partial charge in [-0.2, -0.15) is 0 Å². The smallest absolute Gasteiger partial charge is 0.326 e. The molecule has 1 rings (SSSR count). The van der Waals surface area contributed by atoms with E-state index in [0.29, 0.717) is 6.42 Å². The van der Waals surface area contributed by atoms with E-state index in [-0.39, 0.29) is 18.2 Å². The molecule has 0 bridgehead atoms. The number of aliphatic carboxylic acids is 1. The molecule has 0 spiro atoms. The number of carboxylic acids is 1. The molecule has 1 aromatic carbocycles. The van der Waals surface area contributed by atoms with E-state index in [2.05, 4.69) is 10.6 Å². The topological polar surface area (TPSA) is 95.5 Å². The fourth-order valence-electron chi connectivity index (χ4n) is 2.43. The van der Waals surface area contributed by atoms with Crippen LogP contribution in [-0.2, 0) is 14.4 Å². The summed E-state index contributed by atoms with van der Waals surface area (Å²) in [6, 6.07) is 6.10. The van der Waals surface area contributed by atoms with Crippen molar-refractivity contribution in [2.24, 2.45) is 5.92 Å². The summed E-state index contributed by atoms with van der Waals surface area (Å²) in [5.74, 6) is -1.55. The number of carboxylic acid groups (broad SMARTS) is 1. The predicted molar refractivity (Wildman–Crippen MR) is 91.4 cm³/mol. The van der Waals surface area contributed by atoms with Gasteiger partial charge in [-0.25, -0.2) is 4.79 Å². The maximum Gasteiger partial charge on any atom is 0.326 e. The molecule has 0 radical (unpaired) electrons. The van der Waals surface area contributed by atoms with Gasteiger partial charge in [0.15, 0.2) is 0 Å². The van der Waals surface area contributed by atoms with Crippen LogP contribution in [-0.4, -0.2) is 28.9 Å². The molecule has 0 aliphatic heterocycles. The lowest BCUT2D eigenvalue weighted by atomic mass is 10.0. The highest BCUT2D eigenvalue weighted by molar-refractivity contribution is 5.84.